The van der Waals surface area contributed by atoms with Crippen LogP contribution in [0.25, 0.3) is 0 Å². The molecule has 1 saturated heterocycles. The van der Waals surface area contributed by atoms with Crippen LogP contribution in [0.15, 0.2) is 41.5 Å². The summed E-state index contributed by atoms with van der Waals surface area (Å²) in [5.41, 5.74) is 2.15. The molecule has 1 aliphatic heterocycles. The number of nitrogens with zero attached hydrogens (tertiary/aromatic N) is 3. The van der Waals surface area contributed by atoms with Gasteiger partial charge >= 0.3 is 0 Å². The van der Waals surface area contributed by atoms with Crippen molar-refractivity contribution in [2.24, 2.45) is 4.99 Å². The maximum absolute atomic E-state index is 5.44. The molecular formula is C21H29N5O2. The molecule has 0 bridgehead atoms. The number of ether oxygens (including phenoxy) is 2. The topological polar surface area (TPSA) is 71.0 Å². The first-order valence-corrected chi connectivity index (χ1v) is 9.59. The standard InChI is InChI=1S/C21H29N5O2/c1-22-21(25-15-17-7-8-18(27-2)12-19(17)28-3)24-14-16-6-9-20(23-13-16)26-10-4-5-11-26/h6-9,12-13H,4-5,10-11,14-15H2,1-3H3,(H2,22,24,25). The van der Waals surface area contributed by atoms with Gasteiger partial charge in [0, 0.05) is 51.1 Å². The van der Waals surface area contributed by atoms with Crippen molar-refractivity contribution in [3.05, 3.63) is 47.7 Å². The average Bonchev–Trinajstić information content (AvgIpc) is 3.29. The minimum atomic E-state index is 0.596. The number of aromatic nitrogens is 1. The van der Waals surface area contributed by atoms with Crippen molar-refractivity contribution < 1.29 is 9.47 Å². The molecule has 7 nitrogen and oxygen atoms in total. The molecule has 0 aliphatic carbocycles. The van der Waals surface area contributed by atoms with E-state index in [-0.39, 0.29) is 0 Å². The zero-order valence-electron chi connectivity index (χ0n) is 16.9. The Hall–Kier alpha value is -2.96. The van der Waals surface area contributed by atoms with Crippen molar-refractivity contribution in [2.45, 2.75) is 25.9 Å². The third-order valence-electron chi connectivity index (χ3n) is 4.86. The van der Waals surface area contributed by atoms with E-state index in [9.17, 15) is 0 Å². The molecule has 0 amide bonds. The first-order chi connectivity index (χ1) is 13.7. The molecule has 1 fully saturated rings. The summed E-state index contributed by atoms with van der Waals surface area (Å²) in [6.07, 6.45) is 4.44. The molecule has 2 aromatic rings. The fourth-order valence-electron chi connectivity index (χ4n) is 3.24. The van der Waals surface area contributed by atoms with Crippen molar-refractivity contribution in [3.63, 3.8) is 0 Å². The Labute approximate surface area is 166 Å². The molecule has 0 spiro atoms. The number of hydrogen-bond donors (Lipinski definition) is 2. The van der Waals surface area contributed by atoms with Crippen molar-refractivity contribution in [1.29, 1.82) is 0 Å². The fraction of sp³-hybridized carbons (Fsp3) is 0.429. The van der Waals surface area contributed by atoms with Gasteiger partial charge in [-0.3, -0.25) is 4.99 Å². The normalized spacial score (nSPS) is 14.1. The highest BCUT2D eigenvalue weighted by Crippen LogP contribution is 2.24. The highest BCUT2D eigenvalue weighted by atomic mass is 16.5. The van der Waals surface area contributed by atoms with Gasteiger partial charge in [0.15, 0.2) is 5.96 Å². The van der Waals surface area contributed by atoms with Gasteiger partial charge in [0.25, 0.3) is 0 Å². The predicted octanol–water partition coefficient (Wildman–Crippen LogP) is 2.56. The van der Waals surface area contributed by atoms with Gasteiger partial charge in [-0.05, 0) is 36.6 Å². The van der Waals surface area contributed by atoms with Gasteiger partial charge in [0.2, 0.25) is 0 Å². The summed E-state index contributed by atoms with van der Waals surface area (Å²) in [6.45, 7) is 3.47. The van der Waals surface area contributed by atoms with Crippen LogP contribution in [0, 0.1) is 0 Å². The van der Waals surface area contributed by atoms with Crippen LogP contribution in [-0.2, 0) is 13.1 Å². The Balaban J connectivity index is 1.52. The maximum atomic E-state index is 5.44. The van der Waals surface area contributed by atoms with Crippen molar-refractivity contribution in [3.8, 4) is 11.5 Å². The third-order valence-corrected chi connectivity index (χ3v) is 4.86. The molecule has 3 rings (SSSR count). The first kappa shape index (κ1) is 19.8. The number of methoxy groups -OCH3 is 2. The number of anilines is 1. The molecule has 0 atom stereocenters. The molecule has 28 heavy (non-hydrogen) atoms. The van der Waals surface area contributed by atoms with Gasteiger partial charge in [0.1, 0.15) is 17.3 Å². The van der Waals surface area contributed by atoms with Gasteiger partial charge in [-0.15, -0.1) is 0 Å². The Morgan fingerprint density at radius 1 is 1.07 bits per heavy atom. The van der Waals surface area contributed by atoms with Gasteiger partial charge in [-0.25, -0.2) is 4.98 Å². The van der Waals surface area contributed by atoms with Crippen LogP contribution in [0.5, 0.6) is 11.5 Å². The summed E-state index contributed by atoms with van der Waals surface area (Å²) in [5, 5.41) is 6.64. The number of hydrogen-bond acceptors (Lipinski definition) is 5. The molecule has 0 unspecified atom stereocenters. The van der Waals surface area contributed by atoms with Crippen LogP contribution in [0.4, 0.5) is 5.82 Å². The highest BCUT2D eigenvalue weighted by molar-refractivity contribution is 5.79. The number of nitrogens with one attached hydrogen (secondary N) is 2. The summed E-state index contributed by atoms with van der Waals surface area (Å²) in [7, 11) is 5.06. The largest absolute Gasteiger partial charge is 0.497 e. The van der Waals surface area contributed by atoms with Gasteiger partial charge in [-0.1, -0.05) is 6.07 Å². The Bertz CT molecular complexity index is 786. The summed E-state index contributed by atoms with van der Waals surface area (Å²) in [5.74, 6) is 3.34. The molecule has 150 valence electrons. The summed E-state index contributed by atoms with van der Waals surface area (Å²) in [4.78, 5) is 11.2. The van der Waals surface area contributed by atoms with Crippen molar-refractivity contribution in [2.75, 3.05) is 39.3 Å². The van der Waals surface area contributed by atoms with E-state index in [2.05, 4.69) is 37.6 Å². The number of benzene rings is 1. The van der Waals surface area contributed by atoms with Crippen LogP contribution in [0.1, 0.15) is 24.0 Å². The summed E-state index contributed by atoms with van der Waals surface area (Å²) < 4.78 is 10.7. The SMILES string of the molecule is CN=C(NCc1ccc(N2CCCC2)nc1)NCc1ccc(OC)cc1OC. The van der Waals surface area contributed by atoms with E-state index < -0.39 is 0 Å². The Morgan fingerprint density at radius 3 is 2.50 bits per heavy atom. The molecule has 1 aromatic carbocycles. The average molecular weight is 383 g/mol. The van der Waals surface area contributed by atoms with Crippen LogP contribution in [0.2, 0.25) is 0 Å². The molecule has 0 saturated carbocycles. The second kappa shape index (κ2) is 9.82. The van der Waals surface area contributed by atoms with E-state index in [1.54, 1.807) is 21.3 Å². The first-order valence-electron chi connectivity index (χ1n) is 9.59. The number of guanidine groups is 1. The number of pyridine rings is 1. The van der Waals surface area contributed by atoms with Gasteiger partial charge in [-0.2, -0.15) is 0 Å². The molecule has 0 radical (unpaired) electrons. The van der Waals surface area contributed by atoms with Crippen LogP contribution in [-0.4, -0.2) is 45.3 Å². The number of aliphatic imine (C=N–C) groups is 1. The highest BCUT2D eigenvalue weighted by Gasteiger charge is 2.13. The lowest BCUT2D eigenvalue weighted by Gasteiger charge is -2.17. The predicted molar refractivity (Wildman–Crippen MR) is 112 cm³/mol. The molecule has 7 heteroatoms. The molecular weight excluding hydrogens is 354 g/mol. The van der Waals surface area contributed by atoms with Crippen LogP contribution >= 0.6 is 0 Å². The lowest BCUT2D eigenvalue weighted by atomic mass is 10.2. The van der Waals surface area contributed by atoms with Crippen molar-refractivity contribution >= 4 is 11.8 Å². The smallest absolute Gasteiger partial charge is 0.191 e. The van der Waals surface area contributed by atoms with Crippen molar-refractivity contribution in [1.82, 2.24) is 15.6 Å². The van der Waals surface area contributed by atoms with E-state index in [1.807, 2.05) is 24.4 Å². The zero-order valence-corrected chi connectivity index (χ0v) is 16.9. The van der Waals surface area contributed by atoms with E-state index in [0.717, 1.165) is 47.5 Å². The monoisotopic (exact) mass is 383 g/mol. The minimum absolute atomic E-state index is 0.596. The van der Waals surface area contributed by atoms with E-state index in [0.29, 0.717) is 13.1 Å². The van der Waals surface area contributed by atoms with E-state index >= 15 is 0 Å². The minimum Gasteiger partial charge on any atom is -0.497 e. The van der Waals surface area contributed by atoms with E-state index in [4.69, 9.17) is 9.47 Å². The van der Waals surface area contributed by atoms with Crippen LogP contribution < -0.4 is 25.0 Å². The Morgan fingerprint density at radius 2 is 1.86 bits per heavy atom. The number of rotatable bonds is 7. The fourth-order valence-corrected chi connectivity index (χ4v) is 3.24. The van der Waals surface area contributed by atoms with E-state index in [1.165, 1.54) is 12.8 Å². The van der Waals surface area contributed by atoms with Gasteiger partial charge in [0.05, 0.1) is 14.2 Å². The summed E-state index contributed by atoms with van der Waals surface area (Å²) in [6, 6.07) is 10.00. The quantitative estimate of drug-likeness (QED) is 0.566. The van der Waals surface area contributed by atoms with Crippen LogP contribution in [0.3, 0.4) is 0 Å². The van der Waals surface area contributed by atoms with Gasteiger partial charge < -0.3 is 25.0 Å². The zero-order chi connectivity index (χ0) is 19.8. The molecule has 2 N–H and O–H groups in total. The Kier molecular flexibility index (Phi) is 6.94. The molecule has 2 heterocycles. The lowest BCUT2D eigenvalue weighted by molar-refractivity contribution is 0.390. The second-order valence-corrected chi connectivity index (χ2v) is 6.68. The molecule has 1 aliphatic rings. The molecule has 1 aromatic heterocycles. The maximum Gasteiger partial charge on any atom is 0.191 e. The summed E-state index contributed by atoms with van der Waals surface area (Å²) >= 11 is 0. The lowest BCUT2D eigenvalue weighted by Crippen LogP contribution is -2.36. The second-order valence-electron chi connectivity index (χ2n) is 6.68. The third kappa shape index (κ3) is 5.06.